The summed E-state index contributed by atoms with van der Waals surface area (Å²) in [7, 11) is 0. The average Bonchev–Trinajstić information content (AvgIpc) is 2.38. The Morgan fingerprint density at radius 2 is 1.50 bits per heavy atom. The van der Waals surface area contributed by atoms with Crippen molar-refractivity contribution in [2.45, 2.75) is 6.54 Å². The third kappa shape index (κ3) is 2.98. The van der Waals surface area contributed by atoms with Gasteiger partial charge in [-0.05, 0) is 17.7 Å². The Morgan fingerprint density at radius 1 is 0.944 bits per heavy atom. The van der Waals surface area contributed by atoms with Crippen LogP contribution < -0.4 is 5.32 Å². The van der Waals surface area contributed by atoms with Crippen LogP contribution in [0.25, 0.3) is 0 Å². The molecule has 2 heterocycles. The van der Waals surface area contributed by atoms with E-state index in [1.54, 1.807) is 12.4 Å². The van der Waals surface area contributed by atoms with Gasteiger partial charge >= 0.3 is 0 Å². The maximum atomic E-state index is 6.02. The minimum atomic E-state index is 0.114. The molecule has 0 aliphatic carbocycles. The number of pyridine rings is 2. The maximum Gasteiger partial charge on any atom is 0.151 e. The summed E-state index contributed by atoms with van der Waals surface area (Å²) in [6.45, 7) is 0.526. The zero-order valence-corrected chi connectivity index (χ0v) is 11.9. The van der Waals surface area contributed by atoms with Gasteiger partial charge in [0.2, 0.25) is 0 Å². The quantitative estimate of drug-likeness (QED) is 0.832. The summed E-state index contributed by atoms with van der Waals surface area (Å²) >= 11 is 23.7. The first-order valence-corrected chi connectivity index (χ1v) is 6.43. The molecule has 0 unspecified atom stereocenters. The summed E-state index contributed by atoms with van der Waals surface area (Å²) in [6, 6.07) is 3.75. The molecule has 2 rings (SSSR count). The third-order valence-electron chi connectivity index (χ3n) is 2.22. The van der Waals surface area contributed by atoms with Crippen molar-refractivity contribution in [1.82, 2.24) is 9.97 Å². The summed E-state index contributed by atoms with van der Waals surface area (Å²) in [4.78, 5) is 7.74. The molecule has 0 fully saturated rings. The van der Waals surface area contributed by atoms with Crippen LogP contribution in [-0.4, -0.2) is 9.97 Å². The number of nitrogens with one attached hydrogen (secondary N) is 1. The fourth-order valence-corrected chi connectivity index (χ4v) is 2.19. The van der Waals surface area contributed by atoms with Crippen molar-refractivity contribution < 1.29 is 0 Å². The largest absolute Gasteiger partial charge is 0.378 e. The molecule has 94 valence electrons. The van der Waals surface area contributed by atoms with E-state index in [0.29, 0.717) is 12.2 Å². The molecule has 0 spiro atoms. The van der Waals surface area contributed by atoms with Crippen LogP contribution in [0.2, 0.25) is 20.4 Å². The van der Waals surface area contributed by atoms with Crippen molar-refractivity contribution >= 4 is 52.1 Å². The van der Waals surface area contributed by atoms with E-state index in [4.69, 9.17) is 46.4 Å². The van der Waals surface area contributed by atoms with Gasteiger partial charge in [0.15, 0.2) is 10.3 Å². The summed E-state index contributed by atoms with van der Waals surface area (Å²) in [5.41, 5.74) is 1.50. The topological polar surface area (TPSA) is 37.8 Å². The molecular formula is C11H7Cl4N3. The Bertz CT molecular complexity index is 534. The second kappa shape index (κ2) is 5.93. The molecule has 0 saturated carbocycles. The van der Waals surface area contributed by atoms with Crippen molar-refractivity contribution in [3.8, 4) is 0 Å². The van der Waals surface area contributed by atoms with Gasteiger partial charge in [0.1, 0.15) is 10.0 Å². The van der Waals surface area contributed by atoms with Crippen LogP contribution in [0.5, 0.6) is 0 Å². The Labute approximate surface area is 124 Å². The second-order valence-electron chi connectivity index (χ2n) is 3.41. The molecule has 2 aromatic heterocycles. The minimum absolute atomic E-state index is 0.114. The van der Waals surface area contributed by atoms with E-state index < -0.39 is 0 Å². The fourth-order valence-electron chi connectivity index (χ4n) is 1.33. The normalized spacial score (nSPS) is 10.4. The van der Waals surface area contributed by atoms with E-state index in [9.17, 15) is 0 Å². The number of anilines is 1. The van der Waals surface area contributed by atoms with Crippen LogP contribution in [0.1, 0.15) is 5.56 Å². The van der Waals surface area contributed by atoms with E-state index in [-0.39, 0.29) is 20.4 Å². The molecule has 3 nitrogen and oxygen atoms in total. The Morgan fingerprint density at radius 3 is 2.06 bits per heavy atom. The molecule has 0 aromatic carbocycles. The molecule has 2 aromatic rings. The van der Waals surface area contributed by atoms with Gasteiger partial charge in [0, 0.05) is 18.9 Å². The zero-order chi connectivity index (χ0) is 13.1. The Balaban J connectivity index is 2.24. The van der Waals surface area contributed by atoms with Crippen LogP contribution in [0.3, 0.4) is 0 Å². The average molecular weight is 323 g/mol. The lowest BCUT2D eigenvalue weighted by Gasteiger charge is -2.12. The highest BCUT2D eigenvalue weighted by Crippen LogP contribution is 2.38. The lowest BCUT2D eigenvalue weighted by atomic mass is 10.2. The Kier molecular flexibility index (Phi) is 4.51. The van der Waals surface area contributed by atoms with Gasteiger partial charge in [-0.3, -0.25) is 4.98 Å². The second-order valence-corrected chi connectivity index (χ2v) is 4.88. The van der Waals surface area contributed by atoms with Crippen LogP contribution >= 0.6 is 46.4 Å². The van der Waals surface area contributed by atoms with Gasteiger partial charge in [-0.15, -0.1) is 0 Å². The molecule has 0 bridgehead atoms. The van der Waals surface area contributed by atoms with E-state index in [0.717, 1.165) is 5.56 Å². The Hall–Kier alpha value is -0.740. The van der Waals surface area contributed by atoms with E-state index in [2.05, 4.69) is 15.3 Å². The molecule has 7 heteroatoms. The standard InChI is InChI=1S/C11H7Cl4N3/c12-7-9(8(13)11(15)18-10(7)14)17-5-6-1-3-16-4-2-6/h1-4H,5H2,(H,17,18). The van der Waals surface area contributed by atoms with Gasteiger partial charge in [-0.1, -0.05) is 46.4 Å². The van der Waals surface area contributed by atoms with Crippen molar-refractivity contribution in [2.24, 2.45) is 0 Å². The number of hydrogen-bond donors (Lipinski definition) is 1. The van der Waals surface area contributed by atoms with E-state index in [1.807, 2.05) is 12.1 Å². The highest BCUT2D eigenvalue weighted by atomic mass is 35.5. The van der Waals surface area contributed by atoms with Gasteiger partial charge in [0.05, 0.1) is 5.69 Å². The van der Waals surface area contributed by atoms with Gasteiger partial charge in [-0.25, -0.2) is 4.98 Å². The fraction of sp³-hybridized carbons (Fsp3) is 0.0909. The number of halogens is 4. The first kappa shape index (κ1) is 13.7. The smallest absolute Gasteiger partial charge is 0.151 e. The monoisotopic (exact) mass is 321 g/mol. The van der Waals surface area contributed by atoms with Crippen molar-refractivity contribution in [2.75, 3.05) is 5.32 Å². The maximum absolute atomic E-state index is 6.02. The summed E-state index contributed by atoms with van der Waals surface area (Å²) in [5, 5.41) is 3.81. The number of hydrogen-bond acceptors (Lipinski definition) is 3. The summed E-state index contributed by atoms with van der Waals surface area (Å²) in [5.74, 6) is 0. The molecule has 0 atom stereocenters. The van der Waals surface area contributed by atoms with Crippen molar-refractivity contribution in [3.05, 3.63) is 50.4 Å². The lowest BCUT2D eigenvalue weighted by molar-refractivity contribution is 1.12. The van der Waals surface area contributed by atoms with Crippen LogP contribution in [0, 0.1) is 0 Å². The summed E-state index contributed by atoms with van der Waals surface area (Å²) < 4.78 is 0. The van der Waals surface area contributed by atoms with Crippen molar-refractivity contribution in [1.29, 1.82) is 0 Å². The van der Waals surface area contributed by atoms with Crippen molar-refractivity contribution in [3.63, 3.8) is 0 Å². The number of aromatic nitrogens is 2. The van der Waals surface area contributed by atoms with E-state index >= 15 is 0 Å². The SMILES string of the molecule is Clc1nc(Cl)c(Cl)c(NCc2ccncc2)c1Cl. The predicted molar refractivity (Wildman–Crippen MR) is 75.8 cm³/mol. The molecule has 0 radical (unpaired) electrons. The third-order valence-corrected chi connectivity index (χ3v) is 3.69. The van der Waals surface area contributed by atoms with Gasteiger partial charge < -0.3 is 5.32 Å². The summed E-state index contributed by atoms with van der Waals surface area (Å²) in [6.07, 6.45) is 3.40. The number of nitrogens with zero attached hydrogens (tertiary/aromatic N) is 2. The molecule has 0 aliphatic heterocycles. The molecular weight excluding hydrogens is 316 g/mol. The van der Waals surface area contributed by atoms with E-state index in [1.165, 1.54) is 0 Å². The predicted octanol–water partition coefficient (Wildman–Crippen LogP) is 4.70. The van der Waals surface area contributed by atoms with Gasteiger partial charge in [0.25, 0.3) is 0 Å². The molecule has 1 N–H and O–H groups in total. The highest BCUT2D eigenvalue weighted by Gasteiger charge is 2.14. The lowest BCUT2D eigenvalue weighted by Crippen LogP contribution is -2.02. The van der Waals surface area contributed by atoms with Crippen LogP contribution in [-0.2, 0) is 6.54 Å². The molecule has 0 aliphatic rings. The van der Waals surface area contributed by atoms with Gasteiger partial charge in [-0.2, -0.15) is 0 Å². The first-order valence-electron chi connectivity index (χ1n) is 4.92. The number of rotatable bonds is 3. The zero-order valence-electron chi connectivity index (χ0n) is 8.92. The first-order chi connectivity index (χ1) is 8.59. The molecule has 0 saturated heterocycles. The van der Waals surface area contributed by atoms with Crippen LogP contribution in [0.15, 0.2) is 24.5 Å². The minimum Gasteiger partial charge on any atom is -0.378 e. The molecule has 18 heavy (non-hydrogen) atoms. The molecule has 0 amide bonds. The highest BCUT2D eigenvalue weighted by molar-refractivity contribution is 6.48. The van der Waals surface area contributed by atoms with Crippen LogP contribution in [0.4, 0.5) is 5.69 Å².